The van der Waals surface area contributed by atoms with Gasteiger partial charge in [0.25, 0.3) is 5.91 Å². The SMILES string of the molecule is CCc1cc(Br)ccc1NC(=O)c1cc(N)cc(OC)c1. The molecule has 21 heavy (non-hydrogen) atoms. The van der Waals surface area contributed by atoms with E-state index in [0.29, 0.717) is 17.0 Å². The van der Waals surface area contributed by atoms with Crippen LogP contribution in [0.4, 0.5) is 11.4 Å². The third-order valence-corrected chi connectivity index (χ3v) is 3.62. The van der Waals surface area contributed by atoms with Gasteiger partial charge in [-0.05, 0) is 42.3 Å². The molecule has 0 atom stereocenters. The number of hydrogen-bond donors (Lipinski definition) is 2. The standard InChI is InChI=1S/C16H17BrN2O2/c1-3-10-6-12(17)4-5-15(10)19-16(20)11-7-13(18)9-14(8-11)21-2/h4-9H,3,18H2,1-2H3,(H,19,20). The first-order valence-corrected chi connectivity index (χ1v) is 7.37. The minimum Gasteiger partial charge on any atom is -0.497 e. The Kier molecular flexibility index (Phi) is 4.85. The highest BCUT2D eigenvalue weighted by molar-refractivity contribution is 9.10. The number of anilines is 2. The lowest BCUT2D eigenvalue weighted by Crippen LogP contribution is -2.13. The first kappa shape index (κ1) is 15.4. The molecule has 0 spiro atoms. The van der Waals surface area contributed by atoms with E-state index in [2.05, 4.69) is 21.2 Å². The summed E-state index contributed by atoms with van der Waals surface area (Å²) in [5.41, 5.74) is 8.60. The number of nitrogen functional groups attached to an aromatic ring is 1. The van der Waals surface area contributed by atoms with Crippen molar-refractivity contribution in [2.75, 3.05) is 18.2 Å². The maximum Gasteiger partial charge on any atom is 0.255 e. The van der Waals surface area contributed by atoms with Crippen molar-refractivity contribution in [3.8, 4) is 5.75 Å². The summed E-state index contributed by atoms with van der Waals surface area (Å²) in [5.74, 6) is 0.351. The fraction of sp³-hybridized carbons (Fsp3) is 0.188. The zero-order valence-corrected chi connectivity index (χ0v) is 13.5. The second-order valence-corrected chi connectivity index (χ2v) is 5.52. The van der Waals surface area contributed by atoms with E-state index < -0.39 is 0 Å². The molecule has 5 heteroatoms. The van der Waals surface area contributed by atoms with E-state index in [-0.39, 0.29) is 5.91 Å². The summed E-state index contributed by atoms with van der Waals surface area (Å²) >= 11 is 3.43. The molecule has 1 amide bonds. The van der Waals surface area contributed by atoms with Crippen LogP contribution in [0.1, 0.15) is 22.8 Å². The van der Waals surface area contributed by atoms with Gasteiger partial charge in [0.2, 0.25) is 0 Å². The lowest BCUT2D eigenvalue weighted by Gasteiger charge is -2.11. The lowest BCUT2D eigenvalue weighted by atomic mass is 10.1. The molecular formula is C16H17BrN2O2. The molecule has 0 aromatic heterocycles. The van der Waals surface area contributed by atoms with Crippen molar-refractivity contribution in [1.29, 1.82) is 0 Å². The molecule has 2 aromatic rings. The van der Waals surface area contributed by atoms with Crippen LogP contribution >= 0.6 is 15.9 Å². The highest BCUT2D eigenvalue weighted by Gasteiger charge is 2.11. The Balaban J connectivity index is 2.28. The number of methoxy groups -OCH3 is 1. The maximum absolute atomic E-state index is 12.4. The van der Waals surface area contributed by atoms with Gasteiger partial charge in [-0.1, -0.05) is 22.9 Å². The molecule has 0 bridgehead atoms. The molecule has 0 aliphatic carbocycles. The second kappa shape index (κ2) is 6.63. The molecule has 0 aliphatic rings. The Morgan fingerprint density at radius 2 is 2.05 bits per heavy atom. The minimum absolute atomic E-state index is 0.211. The molecule has 0 heterocycles. The van der Waals surface area contributed by atoms with Gasteiger partial charge >= 0.3 is 0 Å². The average molecular weight is 349 g/mol. The number of hydrogen-bond acceptors (Lipinski definition) is 3. The molecule has 2 aromatic carbocycles. The molecule has 0 fully saturated rings. The normalized spacial score (nSPS) is 10.2. The lowest BCUT2D eigenvalue weighted by molar-refractivity contribution is 0.102. The smallest absolute Gasteiger partial charge is 0.255 e. The Hall–Kier alpha value is -2.01. The van der Waals surface area contributed by atoms with E-state index in [9.17, 15) is 4.79 Å². The van der Waals surface area contributed by atoms with Gasteiger partial charge in [0.15, 0.2) is 0 Å². The number of benzene rings is 2. The van der Waals surface area contributed by atoms with Gasteiger partial charge in [0.05, 0.1) is 7.11 Å². The Morgan fingerprint density at radius 1 is 1.29 bits per heavy atom. The Bertz CT molecular complexity index is 671. The van der Waals surface area contributed by atoms with Gasteiger partial charge in [0, 0.05) is 27.5 Å². The second-order valence-electron chi connectivity index (χ2n) is 4.60. The number of ether oxygens (including phenoxy) is 1. The largest absolute Gasteiger partial charge is 0.497 e. The van der Waals surface area contributed by atoms with Gasteiger partial charge < -0.3 is 15.8 Å². The highest BCUT2D eigenvalue weighted by Crippen LogP contribution is 2.24. The number of carbonyl (C=O) groups excluding carboxylic acids is 1. The number of aryl methyl sites for hydroxylation is 1. The molecular weight excluding hydrogens is 332 g/mol. The molecule has 0 aliphatic heterocycles. The van der Waals surface area contributed by atoms with Crippen LogP contribution in [0.5, 0.6) is 5.75 Å². The van der Waals surface area contributed by atoms with Crippen molar-refractivity contribution in [1.82, 2.24) is 0 Å². The minimum atomic E-state index is -0.211. The molecule has 0 unspecified atom stereocenters. The predicted octanol–water partition coefficient (Wildman–Crippen LogP) is 3.85. The van der Waals surface area contributed by atoms with Crippen molar-refractivity contribution in [3.05, 3.63) is 52.0 Å². The maximum atomic E-state index is 12.4. The summed E-state index contributed by atoms with van der Waals surface area (Å²) in [6.07, 6.45) is 0.829. The van der Waals surface area contributed by atoms with E-state index in [0.717, 1.165) is 22.1 Å². The zero-order chi connectivity index (χ0) is 15.4. The Morgan fingerprint density at radius 3 is 2.71 bits per heavy atom. The summed E-state index contributed by atoms with van der Waals surface area (Å²) in [5, 5.41) is 2.91. The van der Waals surface area contributed by atoms with Crippen molar-refractivity contribution in [2.45, 2.75) is 13.3 Å². The average Bonchev–Trinajstić information content (AvgIpc) is 2.48. The van der Waals surface area contributed by atoms with Crippen LogP contribution in [-0.4, -0.2) is 13.0 Å². The molecule has 0 radical (unpaired) electrons. The van der Waals surface area contributed by atoms with Crippen LogP contribution in [-0.2, 0) is 6.42 Å². The van der Waals surface area contributed by atoms with Crippen molar-refractivity contribution >= 4 is 33.2 Å². The summed E-state index contributed by atoms with van der Waals surface area (Å²) in [4.78, 5) is 12.4. The number of rotatable bonds is 4. The van der Waals surface area contributed by atoms with Crippen LogP contribution in [0.25, 0.3) is 0 Å². The number of carbonyl (C=O) groups is 1. The molecule has 4 nitrogen and oxygen atoms in total. The number of halogens is 1. The van der Waals surface area contributed by atoms with Gasteiger partial charge in [-0.25, -0.2) is 0 Å². The van der Waals surface area contributed by atoms with E-state index in [4.69, 9.17) is 10.5 Å². The van der Waals surface area contributed by atoms with Gasteiger partial charge in [0.1, 0.15) is 5.75 Å². The summed E-state index contributed by atoms with van der Waals surface area (Å²) < 4.78 is 6.12. The number of nitrogens with two attached hydrogens (primary N) is 1. The van der Waals surface area contributed by atoms with E-state index in [1.807, 2.05) is 25.1 Å². The monoisotopic (exact) mass is 348 g/mol. The van der Waals surface area contributed by atoms with Gasteiger partial charge in [-0.2, -0.15) is 0 Å². The van der Waals surface area contributed by atoms with Crippen molar-refractivity contribution in [3.63, 3.8) is 0 Å². The van der Waals surface area contributed by atoms with Crippen LogP contribution in [0.3, 0.4) is 0 Å². The molecule has 2 rings (SSSR count). The number of amides is 1. The quantitative estimate of drug-likeness (QED) is 0.824. The van der Waals surface area contributed by atoms with Crippen LogP contribution < -0.4 is 15.8 Å². The van der Waals surface area contributed by atoms with Gasteiger partial charge in [-0.15, -0.1) is 0 Å². The summed E-state index contributed by atoms with van der Waals surface area (Å²) in [7, 11) is 1.54. The predicted molar refractivity (Wildman–Crippen MR) is 88.9 cm³/mol. The van der Waals surface area contributed by atoms with Crippen LogP contribution in [0, 0.1) is 0 Å². The Labute approximate surface area is 132 Å². The van der Waals surface area contributed by atoms with Crippen molar-refractivity contribution < 1.29 is 9.53 Å². The molecule has 3 N–H and O–H groups in total. The van der Waals surface area contributed by atoms with Crippen LogP contribution in [0.15, 0.2) is 40.9 Å². The van der Waals surface area contributed by atoms with E-state index in [1.165, 1.54) is 0 Å². The third-order valence-electron chi connectivity index (χ3n) is 3.12. The zero-order valence-electron chi connectivity index (χ0n) is 11.9. The van der Waals surface area contributed by atoms with E-state index in [1.54, 1.807) is 25.3 Å². The summed E-state index contributed by atoms with van der Waals surface area (Å²) in [6, 6.07) is 10.7. The fourth-order valence-electron chi connectivity index (χ4n) is 2.04. The van der Waals surface area contributed by atoms with Crippen LogP contribution in [0.2, 0.25) is 0 Å². The number of nitrogens with one attached hydrogen (secondary N) is 1. The first-order chi connectivity index (χ1) is 10.0. The molecule has 0 saturated heterocycles. The first-order valence-electron chi connectivity index (χ1n) is 6.57. The molecule has 110 valence electrons. The molecule has 0 saturated carbocycles. The van der Waals surface area contributed by atoms with E-state index >= 15 is 0 Å². The van der Waals surface area contributed by atoms with Crippen molar-refractivity contribution in [2.24, 2.45) is 0 Å². The van der Waals surface area contributed by atoms with Gasteiger partial charge in [-0.3, -0.25) is 4.79 Å². The highest BCUT2D eigenvalue weighted by atomic mass is 79.9. The third kappa shape index (κ3) is 3.76. The topological polar surface area (TPSA) is 64.4 Å². The summed E-state index contributed by atoms with van der Waals surface area (Å²) in [6.45, 7) is 2.04. The fourth-order valence-corrected chi connectivity index (χ4v) is 2.45.